The summed E-state index contributed by atoms with van der Waals surface area (Å²) in [4.78, 5) is 12.4. The average molecular weight is 567 g/mol. The number of hydrogen-bond acceptors (Lipinski definition) is 4. The van der Waals surface area contributed by atoms with Crippen molar-refractivity contribution in [2.75, 3.05) is 7.11 Å². The lowest BCUT2D eigenvalue weighted by molar-refractivity contribution is -0.274. The molecule has 3 rings (SSSR count). The van der Waals surface area contributed by atoms with E-state index in [1.165, 1.54) is 43.5 Å². The third-order valence-corrected chi connectivity index (χ3v) is 5.94. The number of amides is 1. The molecule has 1 aromatic heterocycles. The van der Waals surface area contributed by atoms with Crippen LogP contribution in [0, 0.1) is 5.82 Å². The molecule has 0 spiro atoms. The molecule has 1 atom stereocenters. The van der Waals surface area contributed by atoms with Gasteiger partial charge in [-0.2, -0.15) is 5.10 Å². The summed E-state index contributed by atoms with van der Waals surface area (Å²) in [5, 5.41) is 6.91. The van der Waals surface area contributed by atoms with E-state index in [0.29, 0.717) is 22.7 Å². The van der Waals surface area contributed by atoms with Crippen LogP contribution in [0.5, 0.6) is 11.5 Å². The number of methoxy groups -OCH3 is 1. The van der Waals surface area contributed by atoms with Crippen LogP contribution in [0.15, 0.2) is 48.5 Å². The monoisotopic (exact) mass is 567 g/mol. The fourth-order valence-corrected chi connectivity index (χ4v) is 4.33. The van der Waals surface area contributed by atoms with E-state index in [4.69, 9.17) is 4.74 Å². The van der Waals surface area contributed by atoms with E-state index < -0.39 is 23.8 Å². The molecule has 0 bridgehead atoms. The van der Waals surface area contributed by atoms with Gasteiger partial charge in [-0.05, 0) is 58.4 Å². The molecule has 0 saturated carbocycles. The number of carbonyl (C=O) groups excluding carboxylic acids is 1. The fraction of sp³-hybridized carbons (Fsp3) is 0.158. The van der Waals surface area contributed by atoms with Gasteiger partial charge in [0.2, 0.25) is 0 Å². The van der Waals surface area contributed by atoms with Crippen LogP contribution < -0.4 is 14.8 Å². The Balaban J connectivity index is 1.82. The number of nitrogens with zero attached hydrogens (tertiary/aromatic N) is 2. The number of nitrogens with one attached hydrogen (secondary N) is 1. The first-order valence-corrected chi connectivity index (χ1v) is 12.7. The molecule has 0 saturated heterocycles. The summed E-state index contributed by atoms with van der Waals surface area (Å²) in [6, 6.07) is 10.8. The summed E-state index contributed by atoms with van der Waals surface area (Å²) in [5.41, 5.74) is 1.24. The van der Waals surface area contributed by atoms with Gasteiger partial charge in [0.15, 0.2) is 0 Å². The highest BCUT2D eigenvalue weighted by molar-refractivity contribution is 14.2. The maximum absolute atomic E-state index is 13.8. The van der Waals surface area contributed by atoms with Gasteiger partial charge in [0, 0.05) is 5.56 Å². The van der Waals surface area contributed by atoms with E-state index in [9.17, 15) is 22.4 Å². The molecule has 1 N–H and O–H groups in total. The van der Waals surface area contributed by atoms with E-state index in [0.717, 1.165) is 6.07 Å². The maximum Gasteiger partial charge on any atom is 0.573 e. The molecule has 3 aromatic rings. The minimum Gasteiger partial charge on any atom is -0.496 e. The number of rotatable bonds is 7. The normalized spacial score (nSPS) is 11.7. The number of para-hydroxylation sites is 1. The van der Waals surface area contributed by atoms with Gasteiger partial charge in [-0.25, -0.2) is 8.84 Å². The third kappa shape index (κ3) is 5.85. The van der Waals surface area contributed by atoms with Crippen LogP contribution in [-0.2, 0) is 6.54 Å². The number of alkyl halides is 3. The van der Waals surface area contributed by atoms with Crippen molar-refractivity contribution in [2.45, 2.75) is 12.9 Å². The zero-order valence-electron chi connectivity index (χ0n) is 15.8. The molecule has 12 heteroatoms. The Morgan fingerprint density at radius 2 is 1.94 bits per heavy atom. The second-order valence-corrected chi connectivity index (χ2v) is 8.13. The summed E-state index contributed by atoms with van der Waals surface area (Å²) in [6.07, 6.45) is -4.75. The molecule has 1 unspecified atom stereocenters. The molecule has 0 radical (unpaired) electrons. The Morgan fingerprint density at radius 3 is 2.61 bits per heavy atom. The molecule has 2 aromatic carbocycles. The second kappa shape index (κ2) is 9.82. The van der Waals surface area contributed by atoms with Crippen LogP contribution in [-0.4, -0.2) is 28.9 Å². The SMILES string of the molecule is COc1ccc(F)cc1-c1cc(CNC(=O)c2ccccc2OC(F)(F)F)nn1PI. The first-order valence-electron chi connectivity index (χ1n) is 8.64. The third-order valence-electron chi connectivity index (χ3n) is 4.06. The first kappa shape index (κ1) is 23.3. The van der Waals surface area contributed by atoms with Crippen molar-refractivity contribution in [3.8, 4) is 22.8 Å². The minimum absolute atomic E-state index is 0.0576. The van der Waals surface area contributed by atoms with Gasteiger partial charge in [0.25, 0.3) is 5.91 Å². The maximum atomic E-state index is 13.8. The topological polar surface area (TPSA) is 65.4 Å². The minimum atomic E-state index is -4.92. The Morgan fingerprint density at radius 1 is 1.19 bits per heavy atom. The van der Waals surface area contributed by atoms with E-state index in [1.807, 2.05) is 0 Å². The van der Waals surface area contributed by atoms with Crippen molar-refractivity contribution in [2.24, 2.45) is 0 Å². The second-order valence-electron chi connectivity index (χ2n) is 6.09. The molecule has 1 heterocycles. The Bertz CT molecular complexity index is 1090. The lowest BCUT2D eigenvalue weighted by atomic mass is 10.1. The van der Waals surface area contributed by atoms with Gasteiger partial charge in [-0.3, -0.25) is 4.79 Å². The molecule has 6 nitrogen and oxygen atoms in total. The van der Waals surface area contributed by atoms with Crippen molar-refractivity contribution in [1.29, 1.82) is 0 Å². The number of hydrogen-bond donors (Lipinski definition) is 1. The van der Waals surface area contributed by atoms with Crippen LogP contribution in [0.4, 0.5) is 17.6 Å². The molecular formula is C19H15F4IN3O3P. The van der Waals surface area contributed by atoms with E-state index in [2.05, 4.69) is 37.2 Å². The largest absolute Gasteiger partial charge is 0.573 e. The van der Waals surface area contributed by atoms with Crippen molar-refractivity contribution >= 4 is 34.3 Å². The summed E-state index contributed by atoms with van der Waals surface area (Å²) in [5.74, 6) is -1.35. The number of benzene rings is 2. The van der Waals surface area contributed by atoms with Crippen molar-refractivity contribution in [3.05, 3.63) is 65.6 Å². The lowest BCUT2D eigenvalue weighted by Gasteiger charge is -2.12. The summed E-state index contributed by atoms with van der Waals surface area (Å²) in [7, 11) is 1.46. The quantitative estimate of drug-likeness (QED) is 0.239. The van der Waals surface area contributed by atoms with Crippen LogP contribution >= 0.6 is 28.4 Å². The molecule has 0 fully saturated rings. The number of aromatic nitrogens is 2. The molecule has 0 aliphatic carbocycles. The fourth-order valence-electron chi connectivity index (χ4n) is 2.79. The molecular weight excluding hydrogens is 552 g/mol. The molecule has 1 amide bonds. The van der Waals surface area contributed by atoms with Crippen molar-refractivity contribution in [3.63, 3.8) is 0 Å². The zero-order chi connectivity index (χ0) is 22.6. The van der Waals surface area contributed by atoms with Crippen LogP contribution in [0.3, 0.4) is 0 Å². The number of halogens is 5. The first-order chi connectivity index (χ1) is 14.7. The van der Waals surface area contributed by atoms with E-state index in [1.54, 1.807) is 10.5 Å². The molecule has 31 heavy (non-hydrogen) atoms. The van der Waals surface area contributed by atoms with Gasteiger partial charge in [0.05, 0.1) is 37.0 Å². The van der Waals surface area contributed by atoms with Gasteiger partial charge >= 0.3 is 6.36 Å². The number of ether oxygens (including phenoxy) is 2. The Labute approximate surface area is 189 Å². The lowest BCUT2D eigenvalue weighted by Crippen LogP contribution is -2.25. The number of carbonyl (C=O) groups is 1. The summed E-state index contributed by atoms with van der Waals surface area (Å²) in [6.45, 7) is -0.0576. The van der Waals surface area contributed by atoms with Crippen LogP contribution in [0.2, 0.25) is 0 Å². The predicted octanol–water partition coefficient (Wildman–Crippen LogP) is 5.32. The van der Waals surface area contributed by atoms with Gasteiger partial charge < -0.3 is 14.8 Å². The summed E-state index contributed by atoms with van der Waals surface area (Å²) >= 11 is 2.10. The summed E-state index contributed by atoms with van der Waals surface area (Å²) < 4.78 is 62.3. The highest BCUT2D eigenvalue weighted by atomic mass is 127. The molecule has 0 aliphatic heterocycles. The molecule has 0 aliphatic rings. The highest BCUT2D eigenvalue weighted by Crippen LogP contribution is 2.36. The Kier molecular flexibility index (Phi) is 7.37. The van der Waals surface area contributed by atoms with Crippen LogP contribution in [0.25, 0.3) is 11.3 Å². The van der Waals surface area contributed by atoms with Crippen molar-refractivity contribution in [1.82, 2.24) is 14.9 Å². The van der Waals surface area contributed by atoms with E-state index >= 15 is 0 Å². The zero-order valence-corrected chi connectivity index (χ0v) is 19.0. The van der Waals surface area contributed by atoms with E-state index in [-0.39, 0.29) is 18.5 Å². The average Bonchev–Trinajstić information content (AvgIpc) is 3.14. The van der Waals surface area contributed by atoms with Gasteiger partial charge in [0.1, 0.15) is 17.3 Å². The van der Waals surface area contributed by atoms with Gasteiger partial charge in [-0.1, -0.05) is 12.1 Å². The Hall–Kier alpha value is -2.40. The predicted molar refractivity (Wildman–Crippen MR) is 116 cm³/mol. The van der Waals surface area contributed by atoms with Crippen LogP contribution in [0.1, 0.15) is 16.1 Å². The van der Waals surface area contributed by atoms with Crippen molar-refractivity contribution < 1.29 is 31.8 Å². The van der Waals surface area contributed by atoms with Gasteiger partial charge in [-0.15, -0.1) is 13.2 Å². The smallest absolute Gasteiger partial charge is 0.496 e. The standard InChI is InChI=1S/C19H15F4IN3O3P/c1-29-16-7-6-11(20)8-14(16)15-9-12(26-27(15)31-24)10-25-18(28)13-4-2-3-5-17(13)30-19(21,22)23/h2-9,31H,10H2,1H3,(H,25,28). The highest BCUT2D eigenvalue weighted by Gasteiger charge is 2.32. The molecule has 164 valence electrons.